The first kappa shape index (κ1) is 15.0. The molecule has 1 nitrogen and oxygen atoms in total. The van der Waals surface area contributed by atoms with Crippen molar-refractivity contribution in [1.29, 1.82) is 0 Å². The molecule has 0 aliphatic rings. The summed E-state index contributed by atoms with van der Waals surface area (Å²) in [6.07, 6.45) is 3.84. The van der Waals surface area contributed by atoms with Crippen LogP contribution in [0.5, 0.6) is 0 Å². The van der Waals surface area contributed by atoms with Crippen molar-refractivity contribution in [2.75, 3.05) is 0 Å². The minimum Gasteiger partial charge on any atom is -0.294 e. The molecule has 0 amide bonds. The molecule has 0 fully saturated rings. The largest absolute Gasteiger partial charge is 0.294 e. The maximum Gasteiger partial charge on any atom is 0.162 e. The number of ketones is 1. The number of aryl methyl sites for hydroxylation is 2. The molecule has 0 spiro atoms. The fourth-order valence-electron chi connectivity index (χ4n) is 2.21. The summed E-state index contributed by atoms with van der Waals surface area (Å²) in [5.41, 5.74) is 3.49. The van der Waals surface area contributed by atoms with E-state index in [1.807, 2.05) is 19.1 Å². The Balaban J connectivity index is 1.85. The van der Waals surface area contributed by atoms with Crippen LogP contribution in [-0.4, -0.2) is 5.78 Å². The summed E-state index contributed by atoms with van der Waals surface area (Å²) < 4.78 is 1.12. The van der Waals surface area contributed by atoms with Crippen LogP contribution in [0.15, 0.2) is 53.0 Å². The molecule has 0 N–H and O–H groups in total. The van der Waals surface area contributed by atoms with E-state index in [-0.39, 0.29) is 5.78 Å². The van der Waals surface area contributed by atoms with E-state index >= 15 is 0 Å². The van der Waals surface area contributed by atoms with Crippen molar-refractivity contribution in [3.05, 3.63) is 69.7 Å². The van der Waals surface area contributed by atoms with Crippen molar-refractivity contribution in [1.82, 2.24) is 0 Å². The van der Waals surface area contributed by atoms with E-state index in [0.717, 1.165) is 29.3 Å². The molecular weight excluding hydrogens is 312 g/mol. The Bertz CT molecular complexity index is 555. The van der Waals surface area contributed by atoms with Crippen LogP contribution in [0.4, 0.5) is 0 Å². The van der Waals surface area contributed by atoms with Gasteiger partial charge in [-0.1, -0.05) is 59.3 Å². The van der Waals surface area contributed by atoms with Crippen molar-refractivity contribution in [2.24, 2.45) is 0 Å². The predicted octanol–water partition coefficient (Wildman–Crippen LogP) is 5.22. The second-order valence-corrected chi connectivity index (χ2v) is 5.87. The average molecular weight is 331 g/mol. The fourth-order valence-corrected chi connectivity index (χ4v) is 2.47. The number of hydrogen-bond acceptors (Lipinski definition) is 1. The summed E-state index contributed by atoms with van der Waals surface area (Å²) >= 11 is 3.45. The third-order valence-electron chi connectivity index (χ3n) is 3.44. The maximum absolute atomic E-state index is 11.5. The fraction of sp³-hybridized carbons (Fsp3) is 0.278. The van der Waals surface area contributed by atoms with Gasteiger partial charge in [-0.3, -0.25) is 4.79 Å². The van der Waals surface area contributed by atoms with Crippen LogP contribution in [0.1, 0.15) is 41.3 Å². The van der Waals surface area contributed by atoms with Crippen LogP contribution in [0, 0.1) is 0 Å². The van der Waals surface area contributed by atoms with E-state index in [9.17, 15) is 4.79 Å². The summed E-state index contributed by atoms with van der Waals surface area (Å²) in [6.45, 7) is 1.90. The smallest absolute Gasteiger partial charge is 0.162 e. The maximum atomic E-state index is 11.5. The third kappa shape index (κ3) is 4.31. The quantitative estimate of drug-likeness (QED) is 0.664. The van der Waals surface area contributed by atoms with Gasteiger partial charge in [0.25, 0.3) is 0 Å². The standard InChI is InChI=1S/C18H19BrO/c1-2-18(20)16-10-6-14(7-11-16)4-3-5-15-8-12-17(19)13-9-15/h6-13H,2-5H2,1H3. The highest BCUT2D eigenvalue weighted by Crippen LogP contribution is 2.14. The highest BCUT2D eigenvalue weighted by molar-refractivity contribution is 9.10. The lowest BCUT2D eigenvalue weighted by atomic mass is 10.0. The minimum atomic E-state index is 0.214. The summed E-state index contributed by atoms with van der Waals surface area (Å²) in [6, 6.07) is 16.5. The lowest BCUT2D eigenvalue weighted by Gasteiger charge is -2.04. The molecule has 0 aromatic heterocycles. The number of hydrogen-bond donors (Lipinski definition) is 0. The molecule has 2 rings (SSSR count). The number of benzene rings is 2. The summed E-state index contributed by atoms with van der Waals surface area (Å²) in [7, 11) is 0. The van der Waals surface area contributed by atoms with Gasteiger partial charge in [-0.15, -0.1) is 0 Å². The Labute approximate surface area is 129 Å². The monoisotopic (exact) mass is 330 g/mol. The molecule has 0 unspecified atom stereocenters. The van der Waals surface area contributed by atoms with E-state index in [1.54, 1.807) is 0 Å². The zero-order valence-corrected chi connectivity index (χ0v) is 13.3. The van der Waals surface area contributed by atoms with Crippen molar-refractivity contribution in [3.8, 4) is 0 Å². The van der Waals surface area contributed by atoms with E-state index < -0.39 is 0 Å². The molecule has 20 heavy (non-hydrogen) atoms. The highest BCUT2D eigenvalue weighted by Gasteiger charge is 2.02. The first-order valence-corrected chi connectivity index (χ1v) is 7.85. The van der Waals surface area contributed by atoms with Gasteiger partial charge >= 0.3 is 0 Å². The summed E-state index contributed by atoms with van der Waals surface area (Å²) in [4.78, 5) is 11.5. The topological polar surface area (TPSA) is 17.1 Å². The van der Waals surface area contributed by atoms with Crippen LogP contribution >= 0.6 is 15.9 Å². The van der Waals surface area contributed by atoms with Gasteiger partial charge in [-0.05, 0) is 42.5 Å². The predicted molar refractivity (Wildman–Crippen MR) is 87.2 cm³/mol. The number of halogens is 1. The molecule has 104 valence electrons. The van der Waals surface area contributed by atoms with E-state index in [4.69, 9.17) is 0 Å². The number of rotatable bonds is 6. The first-order valence-electron chi connectivity index (χ1n) is 7.05. The third-order valence-corrected chi connectivity index (χ3v) is 3.97. The van der Waals surface area contributed by atoms with Gasteiger partial charge in [0.05, 0.1) is 0 Å². The van der Waals surface area contributed by atoms with Crippen LogP contribution in [0.25, 0.3) is 0 Å². The molecule has 0 aliphatic carbocycles. The van der Waals surface area contributed by atoms with E-state index in [2.05, 4.69) is 52.3 Å². The van der Waals surface area contributed by atoms with Crippen LogP contribution in [-0.2, 0) is 12.8 Å². The number of Topliss-reactive ketones (excluding diaryl/α,β-unsaturated/α-hetero) is 1. The molecule has 0 radical (unpaired) electrons. The summed E-state index contributed by atoms with van der Waals surface area (Å²) in [5.74, 6) is 0.214. The normalized spacial score (nSPS) is 10.5. The molecule has 0 atom stereocenters. The first-order chi connectivity index (χ1) is 9.69. The van der Waals surface area contributed by atoms with Gasteiger partial charge < -0.3 is 0 Å². The van der Waals surface area contributed by atoms with Crippen LogP contribution in [0.3, 0.4) is 0 Å². The average Bonchev–Trinajstić information content (AvgIpc) is 2.49. The molecule has 0 bridgehead atoms. The van der Waals surface area contributed by atoms with Crippen molar-refractivity contribution < 1.29 is 4.79 Å². The van der Waals surface area contributed by atoms with Crippen LogP contribution < -0.4 is 0 Å². The summed E-state index contributed by atoms with van der Waals surface area (Å²) in [5, 5.41) is 0. The molecular formula is C18H19BrO. The lowest BCUT2D eigenvalue weighted by molar-refractivity contribution is 0.0988. The lowest BCUT2D eigenvalue weighted by Crippen LogP contribution is -1.97. The molecule has 0 aliphatic heterocycles. The second-order valence-electron chi connectivity index (χ2n) is 4.95. The SMILES string of the molecule is CCC(=O)c1ccc(CCCc2ccc(Br)cc2)cc1. The number of carbonyl (C=O) groups excluding carboxylic acids is 1. The van der Waals surface area contributed by atoms with Crippen molar-refractivity contribution in [3.63, 3.8) is 0 Å². The minimum absolute atomic E-state index is 0.214. The van der Waals surface area contributed by atoms with Crippen molar-refractivity contribution in [2.45, 2.75) is 32.6 Å². The van der Waals surface area contributed by atoms with E-state index in [0.29, 0.717) is 6.42 Å². The van der Waals surface area contributed by atoms with Crippen molar-refractivity contribution >= 4 is 21.7 Å². The zero-order valence-electron chi connectivity index (χ0n) is 11.7. The molecule has 0 saturated heterocycles. The van der Waals surface area contributed by atoms with Gasteiger partial charge in [0.1, 0.15) is 0 Å². The van der Waals surface area contributed by atoms with Gasteiger partial charge in [-0.25, -0.2) is 0 Å². The highest BCUT2D eigenvalue weighted by atomic mass is 79.9. The number of carbonyl (C=O) groups is 1. The molecule has 0 saturated carbocycles. The molecule has 2 heteroatoms. The second kappa shape index (κ2) is 7.39. The molecule has 0 heterocycles. The van der Waals surface area contributed by atoms with Gasteiger partial charge in [0.2, 0.25) is 0 Å². The Morgan fingerprint density at radius 2 is 1.40 bits per heavy atom. The Morgan fingerprint density at radius 3 is 1.90 bits per heavy atom. The molecule has 2 aromatic rings. The Kier molecular flexibility index (Phi) is 5.54. The van der Waals surface area contributed by atoms with Crippen LogP contribution in [0.2, 0.25) is 0 Å². The molecule has 2 aromatic carbocycles. The van der Waals surface area contributed by atoms with Gasteiger partial charge in [-0.2, -0.15) is 0 Å². The zero-order chi connectivity index (χ0) is 14.4. The van der Waals surface area contributed by atoms with Gasteiger partial charge in [0, 0.05) is 16.5 Å². The Hall–Kier alpha value is -1.41. The Morgan fingerprint density at radius 1 is 0.900 bits per heavy atom. The van der Waals surface area contributed by atoms with E-state index in [1.165, 1.54) is 11.1 Å². The van der Waals surface area contributed by atoms with Gasteiger partial charge in [0.15, 0.2) is 5.78 Å².